The number of ether oxygens (including phenoxy) is 1. The maximum absolute atomic E-state index is 11.5. The number of rotatable bonds is 3. The van der Waals surface area contributed by atoms with Gasteiger partial charge in [-0.2, -0.15) is 0 Å². The van der Waals surface area contributed by atoms with Gasteiger partial charge >= 0.3 is 5.97 Å². The van der Waals surface area contributed by atoms with Crippen molar-refractivity contribution in [2.24, 2.45) is 0 Å². The van der Waals surface area contributed by atoms with Crippen molar-refractivity contribution in [1.29, 1.82) is 0 Å². The molecule has 0 fully saturated rings. The average molecular weight is 276 g/mol. The first kappa shape index (κ1) is 13.4. The molecule has 98 valence electrons. The fourth-order valence-electron chi connectivity index (χ4n) is 1.72. The second-order valence-corrected chi connectivity index (χ2v) is 4.44. The Bertz CT molecular complexity index is 594. The molecule has 0 radical (unpaired) electrons. The van der Waals surface area contributed by atoms with Crippen LogP contribution in [0.25, 0.3) is 11.1 Å². The lowest BCUT2D eigenvalue weighted by Crippen LogP contribution is -2.03. The standard InChI is InChI=1S/C15H14ClNO2/c1-2-19-15(18)11-5-3-10(4-6-11)12-7-8-14(17)13(16)9-12/h3-9H,2,17H2,1H3. The number of carbonyl (C=O) groups excluding carboxylic acids is 1. The van der Waals surface area contributed by atoms with Crippen molar-refractivity contribution in [2.45, 2.75) is 6.92 Å². The lowest BCUT2D eigenvalue weighted by atomic mass is 10.0. The second-order valence-electron chi connectivity index (χ2n) is 4.03. The van der Waals surface area contributed by atoms with E-state index in [1.807, 2.05) is 18.2 Å². The van der Waals surface area contributed by atoms with E-state index >= 15 is 0 Å². The van der Waals surface area contributed by atoms with E-state index in [-0.39, 0.29) is 5.97 Å². The zero-order valence-corrected chi connectivity index (χ0v) is 11.3. The van der Waals surface area contributed by atoms with Crippen molar-refractivity contribution in [3.05, 3.63) is 53.1 Å². The summed E-state index contributed by atoms with van der Waals surface area (Å²) in [5, 5.41) is 0.520. The molecule has 0 bridgehead atoms. The van der Waals surface area contributed by atoms with Crippen molar-refractivity contribution in [3.8, 4) is 11.1 Å². The van der Waals surface area contributed by atoms with Gasteiger partial charge < -0.3 is 10.5 Å². The second kappa shape index (κ2) is 5.76. The minimum absolute atomic E-state index is 0.315. The van der Waals surface area contributed by atoms with Gasteiger partial charge in [-0.15, -0.1) is 0 Å². The molecule has 0 unspecified atom stereocenters. The maximum atomic E-state index is 11.5. The highest BCUT2D eigenvalue weighted by Crippen LogP contribution is 2.27. The summed E-state index contributed by atoms with van der Waals surface area (Å²) in [4.78, 5) is 11.5. The quantitative estimate of drug-likeness (QED) is 0.685. The van der Waals surface area contributed by atoms with Gasteiger partial charge in [-0.25, -0.2) is 4.79 Å². The zero-order valence-electron chi connectivity index (χ0n) is 10.5. The van der Waals surface area contributed by atoms with Crippen LogP contribution in [0.4, 0.5) is 5.69 Å². The Balaban J connectivity index is 2.27. The first-order chi connectivity index (χ1) is 9.11. The number of halogens is 1. The molecule has 0 saturated carbocycles. The third kappa shape index (κ3) is 3.06. The number of carbonyl (C=O) groups is 1. The van der Waals surface area contributed by atoms with Crippen LogP contribution >= 0.6 is 11.6 Å². The zero-order chi connectivity index (χ0) is 13.8. The molecule has 19 heavy (non-hydrogen) atoms. The maximum Gasteiger partial charge on any atom is 0.338 e. The number of hydrogen-bond acceptors (Lipinski definition) is 3. The van der Waals surface area contributed by atoms with Crippen molar-refractivity contribution >= 4 is 23.3 Å². The van der Waals surface area contributed by atoms with Gasteiger partial charge in [0.25, 0.3) is 0 Å². The van der Waals surface area contributed by atoms with Crippen LogP contribution in [0.2, 0.25) is 5.02 Å². The molecule has 4 heteroatoms. The van der Waals surface area contributed by atoms with E-state index in [4.69, 9.17) is 22.1 Å². The van der Waals surface area contributed by atoms with Crippen molar-refractivity contribution in [1.82, 2.24) is 0 Å². The summed E-state index contributed by atoms with van der Waals surface area (Å²) in [6.45, 7) is 2.15. The normalized spacial score (nSPS) is 10.2. The summed E-state index contributed by atoms with van der Waals surface area (Å²) in [6.07, 6.45) is 0. The van der Waals surface area contributed by atoms with E-state index in [0.29, 0.717) is 22.9 Å². The highest BCUT2D eigenvalue weighted by atomic mass is 35.5. The van der Waals surface area contributed by atoms with Gasteiger partial charge in [0, 0.05) is 0 Å². The molecular formula is C15H14ClNO2. The summed E-state index contributed by atoms with van der Waals surface area (Å²) in [7, 11) is 0. The summed E-state index contributed by atoms with van der Waals surface area (Å²) in [5.74, 6) is -0.315. The number of esters is 1. The Morgan fingerprint density at radius 2 is 1.79 bits per heavy atom. The van der Waals surface area contributed by atoms with Crippen molar-refractivity contribution < 1.29 is 9.53 Å². The largest absolute Gasteiger partial charge is 0.462 e. The van der Waals surface area contributed by atoms with Gasteiger partial charge in [-0.1, -0.05) is 29.8 Å². The molecule has 0 heterocycles. The molecule has 2 aromatic rings. The summed E-state index contributed by atoms with van der Waals surface area (Å²) < 4.78 is 4.93. The lowest BCUT2D eigenvalue weighted by molar-refractivity contribution is 0.0526. The van der Waals surface area contributed by atoms with Crippen LogP contribution in [0.15, 0.2) is 42.5 Å². The highest BCUT2D eigenvalue weighted by Gasteiger charge is 2.07. The summed E-state index contributed by atoms with van der Waals surface area (Å²) >= 11 is 5.99. The first-order valence-electron chi connectivity index (χ1n) is 5.94. The monoisotopic (exact) mass is 275 g/mol. The molecule has 3 nitrogen and oxygen atoms in total. The van der Waals surface area contributed by atoms with Crippen molar-refractivity contribution in [2.75, 3.05) is 12.3 Å². The van der Waals surface area contributed by atoms with Crippen LogP contribution in [0.5, 0.6) is 0 Å². The third-order valence-corrected chi connectivity index (χ3v) is 3.06. The van der Waals surface area contributed by atoms with Gasteiger partial charge in [-0.05, 0) is 42.3 Å². The van der Waals surface area contributed by atoms with E-state index in [0.717, 1.165) is 11.1 Å². The molecule has 0 saturated heterocycles. The van der Waals surface area contributed by atoms with E-state index < -0.39 is 0 Å². The molecule has 0 aliphatic carbocycles. The molecule has 0 aliphatic heterocycles. The van der Waals surface area contributed by atoms with Gasteiger partial charge in [0.2, 0.25) is 0 Å². The van der Waals surface area contributed by atoms with Crippen LogP contribution in [0.1, 0.15) is 17.3 Å². The van der Waals surface area contributed by atoms with Crippen LogP contribution in [0, 0.1) is 0 Å². The summed E-state index contributed by atoms with van der Waals surface area (Å²) in [5.41, 5.74) is 8.68. The molecular weight excluding hydrogens is 262 g/mol. The molecule has 2 N–H and O–H groups in total. The Hall–Kier alpha value is -2.00. The lowest BCUT2D eigenvalue weighted by Gasteiger charge is -2.06. The van der Waals surface area contributed by atoms with Gasteiger partial charge in [-0.3, -0.25) is 0 Å². The smallest absolute Gasteiger partial charge is 0.338 e. The molecule has 2 rings (SSSR count). The number of benzene rings is 2. The Morgan fingerprint density at radius 1 is 1.16 bits per heavy atom. The van der Waals surface area contributed by atoms with Crippen LogP contribution in [0.3, 0.4) is 0 Å². The van der Waals surface area contributed by atoms with E-state index in [1.54, 1.807) is 31.2 Å². The van der Waals surface area contributed by atoms with E-state index in [1.165, 1.54) is 0 Å². The van der Waals surface area contributed by atoms with Gasteiger partial charge in [0.05, 0.1) is 22.9 Å². The molecule has 2 aromatic carbocycles. The Labute approximate surface area is 117 Å². The number of nitrogens with two attached hydrogens (primary N) is 1. The molecule has 0 spiro atoms. The van der Waals surface area contributed by atoms with Crippen LogP contribution in [-0.2, 0) is 4.74 Å². The van der Waals surface area contributed by atoms with E-state index in [9.17, 15) is 4.79 Å². The predicted octanol–water partition coefficient (Wildman–Crippen LogP) is 3.77. The molecule has 0 aromatic heterocycles. The first-order valence-corrected chi connectivity index (χ1v) is 6.32. The Kier molecular flexibility index (Phi) is 4.07. The van der Waals surface area contributed by atoms with Crippen LogP contribution < -0.4 is 5.73 Å². The van der Waals surface area contributed by atoms with Gasteiger partial charge in [0.1, 0.15) is 0 Å². The fraction of sp³-hybridized carbons (Fsp3) is 0.133. The fourth-order valence-corrected chi connectivity index (χ4v) is 1.90. The SMILES string of the molecule is CCOC(=O)c1ccc(-c2ccc(N)c(Cl)c2)cc1. The number of hydrogen-bond donors (Lipinski definition) is 1. The van der Waals surface area contributed by atoms with Crippen molar-refractivity contribution in [3.63, 3.8) is 0 Å². The molecule has 0 aliphatic rings. The average Bonchev–Trinajstić information content (AvgIpc) is 2.42. The minimum atomic E-state index is -0.315. The van der Waals surface area contributed by atoms with E-state index in [2.05, 4.69) is 0 Å². The third-order valence-electron chi connectivity index (χ3n) is 2.73. The highest BCUT2D eigenvalue weighted by molar-refractivity contribution is 6.33. The van der Waals surface area contributed by atoms with Crippen LogP contribution in [-0.4, -0.2) is 12.6 Å². The minimum Gasteiger partial charge on any atom is -0.462 e. The number of anilines is 1. The molecule has 0 atom stereocenters. The number of nitrogen functional groups attached to an aromatic ring is 1. The Morgan fingerprint density at radius 3 is 2.37 bits per heavy atom. The summed E-state index contributed by atoms with van der Waals surface area (Å²) in [6, 6.07) is 12.6. The molecule has 0 amide bonds. The topological polar surface area (TPSA) is 52.3 Å². The van der Waals surface area contributed by atoms with Gasteiger partial charge in [0.15, 0.2) is 0 Å². The predicted molar refractivity (Wildman–Crippen MR) is 77.3 cm³/mol.